The standard InChI is InChI=1S/C44H66O12/c1-24(45)50-23-28-33(51-25(2)46)34(52-26(3)47)35(53-27(4)48)36(54-28)55-32-14-15-40(9)29(39(32,7)8)12-16-41(10)30(40)13-17-44-31-22-38(5,6)18-20-43(31,37(49)56-44)21-19-42(41,44)11/h28-36H,12-23H2,1-11H3/t28-,29+,30-,31-,32+,33+,34+,35-,36-,40+,41-,42+,43+,44+/m1/s1. The Balaban J connectivity index is 1.18. The number of hydrogen-bond donors (Lipinski definition) is 0. The molecule has 0 radical (unpaired) electrons. The van der Waals surface area contributed by atoms with Crippen molar-refractivity contribution in [2.45, 2.75) is 189 Å². The lowest BCUT2D eigenvalue weighted by atomic mass is 9.31. The third-order valence-corrected chi connectivity index (χ3v) is 17.2. The number of ether oxygens (including phenoxy) is 7. The van der Waals surface area contributed by atoms with Crippen LogP contribution >= 0.6 is 0 Å². The molecule has 7 aliphatic rings. The first kappa shape index (κ1) is 41.4. The summed E-state index contributed by atoms with van der Waals surface area (Å²) in [7, 11) is 0. The smallest absolute Gasteiger partial charge is 0.313 e. The van der Waals surface area contributed by atoms with Crippen molar-refractivity contribution in [1.29, 1.82) is 0 Å². The van der Waals surface area contributed by atoms with E-state index in [1.165, 1.54) is 27.7 Å². The quantitative estimate of drug-likeness (QED) is 0.148. The molecule has 2 saturated heterocycles. The van der Waals surface area contributed by atoms with Crippen molar-refractivity contribution in [2.24, 2.45) is 50.2 Å². The van der Waals surface area contributed by atoms with Gasteiger partial charge in [0.15, 0.2) is 24.6 Å². The molecule has 314 valence electrons. The molecule has 0 aromatic heterocycles. The molecule has 0 aromatic rings. The molecule has 12 nitrogen and oxygen atoms in total. The van der Waals surface area contributed by atoms with Crippen LogP contribution in [0.4, 0.5) is 0 Å². The molecular formula is C44H66O12. The molecule has 0 aromatic carbocycles. The van der Waals surface area contributed by atoms with Crippen LogP contribution in [0.2, 0.25) is 0 Å². The summed E-state index contributed by atoms with van der Waals surface area (Å²) in [5.74, 6) is -1.55. The van der Waals surface area contributed by atoms with Crippen molar-refractivity contribution in [3.05, 3.63) is 0 Å². The average Bonchev–Trinajstić information content (AvgIpc) is 3.25. The minimum absolute atomic E-state index is 0.0226. The van der Waals surface area contributed by atoms with Gasteiger partial charge in [-0.05, 0) is 104 Å². The zero-order valence-electron chi connectivity index (χ0n) is 35.6. The maximum atomic E-state index is 14.0. The van der Waals surface area contributed by atoms with E-state index in [0.717, 1.165) is 64.2 Å². The monoisotopic (exact) mass is 786 g/mol. The first-order valence-electron chi connectivity index (χ1n) is 21.2. The van der Waals surface area contributed by atoms with Gasteiger partial charge in [-0.2, -0.15) is 0 Å². The molecule has 12 heteroatoms. The van der Waals surface area contributed by atoms with Gasteiger partial charge in [-0.25, -0.2) is 0 Å². The van der Waals surface area contributed by atoms with Crippen LogP contribution in [0.1, 0.15) is 147 Å². The fourth-order valence-corrected chi connectivity index (χ4v) is 14.5. The zero-order valence-corrected chi connectivity index (χ0v) is 35.6. The largest absolute Gasteiger partial charge is 0.463 e. The van der Waals surface area contributed by atoms with Gasteiger partial charge in [0.2, 0.25) is 0 Å². The molecule has 7 rings (SSSR count). The van der Waals surface area contributed by atoms with Gasteiger partial charge in [0.25, 0.3) is 0 Å². The van der Waals surface area contributed by atoms with Gasteiger partial charge >= 0.3 is 29.8 Å². The fraction of sp³-hybridized carbons (Fsp3) is 0.886. The molecule has 0 amide bonds. The lowest BCUT2D eigenvalue weighted by Gasteiger charge is -2.74. The fourth-order valence-electron chi connectivity index (χ4n) is 14.5. The highest BCUT2D eigenvalue weighted by Gasteiger charge is 2.81. The molecular weight excluding hydrogens is 720 g/mol. The van der Waals surface area contributed by atoms with E-state index in [1.807, 2.05) is 0 Å². The zero-order chi connectivity index (χ0) is 41.0. The van der Waals surface area contributed by atoms with Gasteiger partial charge in [-0.1, -0.05) is 48.5 Å². The molecule has 56 heavy (non-hydrogen) atoms. The van der Waals surface area contributed by atoms with E-state index in [9.17, 15) is 24.0 Å². The van der Waals surface area contributed by atoms with Crippen LogP contribution in [0.3, 0.4) is 0 Å². The minimum atomic E-state index is -1.28. The van der Waals surface area contributed by atoms with Crippen molar-refractivity contribution < 1.29 is 57.1 Å². The lowest BCUT2D eigenvalue weighted by molar-refractivity contribution is -0.337. The van der Waals surface area contributed by atoms with Gasteiger partial charge in [0, 0.05) is 39.0 Å². The molecule has 2 heterocycles. The molecule has 2 bridgehead atoms. The predicted molar refractivity (Wildman–Crippen MR) is 201 cm³/mol. The molecule has 5 aliphatic carbocycles. The van der Waals surface area contributed by atoms with Gasteiger partial charge in [0.1, 0.15) is 18.3 Å². The van der Waals surface area contributed by atoms with Gasteiger partial charge < -0.3 is 33.2 Å². The third-order valence-electron chi connectivity index (χ3n) is 17.2. The number of carbonyl (C=O) groups is 5. The van der Waals surface area contributed by atoms with E-state index in [1.54, 1.807) is 0 Å². The second-order valence-corrected chi connectivity index (χ2v) is 20.8. The molecule has 0 unspecified atom stereocenters. The van der Waals surface area contributed by atoms with E-state index in [-0.39, 0.29) is 63.0 Å². The first-order chi connectivity index (χ1) is 26.0. The van der Waals surface area contributed by atoms with E-state index >= 15 is 0 Å². The Morgan fingerprint density at radius 2 is 1.27 bits per heavy atom. The maximum Gasteiger partial charge on any atom is 0.313 e. The van der Waals surface area contributed by atoms with Crippen LogP contribution in [-0.4, -0.2) is 78.9 Å². The highest BCUT2D eigenvalue weighted by Crippen LogP contribution is 2.80. The van der Waals surface area contributed by atoms with Crippen molar-refractivity contribution in [1.82, 2.24) is 0 Å². The second kappa shape index (κ2) is 13.7. The van der Waals surface area contributed by atoms with Gasteiger partial charge in [-0.3, -0.25) is 24.0 Å². The molecule has 0 N–H and O–H groups in total. The van der Waals surface area contributed by atoms with Crippen molar-refractivity contribution in [3.8, 4) is 0 Å². The maximum absolute atomic E-state index is 14.0. The second-order valence-electron chi connectivity index (χ2n) is 20.8. The number of esters is 5. The molecule has 5 saturated carbocycles. The molecule has 2 aliphatic heterocycles. The van der Waals surface area contributed by atoms with Crippen molar-refractivity contribution >= 4 is 29.8 Å². The van der Waals surface area contributed by atoms with Crippen molar-refractivity contribution in [2.75, 3.05) is 6.61 Å². The molecule has 7 fully saturated rings. The summed E-state index contributed by atoms with van der Waals surface area (Å²) < 4.78 is 42.6. The Morgan fingerprint density at radius 1 is 0.661 bits per heavy atom. The Kier molecular flexibility index (Phi) is 10.1. The highest BCUT2D eigenvalue weighted by molar-refractivity contribution is 5.82. The summed E-state index contributed by atoms with van der Waals surface area (Å²) in [5, 5.41) is 0. The van der Waals surface area contributed by atoms with Crippen LogP contribution in [0, 0.1) is 50.2 Å². The number of hydrogen-bond acceptors (Lipinski definition) is 12. The highest BCUT2D eigenvalue weighted by atomic mass is 16.7. The van der Waals surface area contributed by atoms with Crippen LogP contribution in [0.25, 0.3) is 0 Å². The van der Waals surface area contributed by atoms with Crippen molar-refractivity contribution in [3.63, 3.8) is 0 Å². The van der Waals surface area contributed by atoms with Crippen LogP contribution in [0.15, 0.2) is 0 Å². The topological polar surface area (TPSA) is 150 Å². The summed E-state index contributed by atoms with van der Waals surface area (Å²) in [5.41, 5.74) is -1.13. The first-order valence-corrected chi connectivity index (χ1v) is 21.2. The average molecular weight is 787 g/mol. The molecule has 1 spiro atoms. The normalized spacial score (nSPS) is 47.1. The Hall–Kier alpha value is -2.73. The summed E-state index contributed by atoms with van der Waals surface area (Å²) in [6, 6.07) is 0. The number of fused-ring (bicyclic) bond motifs is 4. The summed E-state index contributed by atoms with van der Waals surface area (Å²) in [4.78, 5) is 63.2. The Bertz CT molecular complexity index is 1640. The molecule has 14 atom stereocenters. The Labute approximate surface area is 332 Å². The SMILES string of the molecule is CC(=O)OC[C@H]1O[C@H](O[C@H]2CC[C@]3(C)[C@H]4CC[C@]56OC(=O)[C@@]7(CCC(C)(C)C[C@H]75)CC[C@@]6(C)[C@]4(C)CC[C@H]3C2(C)C)[C@H](OC(C)=O)[C@@H](OC(C)=O)[C@H]1OC(C)=O. The Morgan fingerprint density at radius 3 is 1.91 bits per heavy atom. The van der Waals surface area contributed by atoms with E-state index < -0.39 is 60.2 Å². The summed E-state index contributed by atoms with van der Waals surface area (Å²) >= 11 is 0. The minimum Gasteiger partial charge on any atom is -0.463 e. The lowest BCUT2D eigenvalue weighted by Crippen LogP contribution is -2.72. The number of carbonyl (C=O) groups excluding carboxylic acids is 5. The van der Waals surface area contributed by atoms with Crippen LogP contribution < -0.4 is 0 Å². The van der Waals surface area contributed by atoms with Crippen LogP contribution in [0.5, 0.6) is 0 Å². The third kappa shape index (κ3) is 6.06. The predicted octanol–water partition coefficient (Wildman–Crippen LogP) is 7.02. The van der Waals surface area contributed by atoms with E-state index in [4.69, 9.17) is 33.2 Å². The van der Waals surface area contributed by atoms with E-state index in [2.05, 4.69) is 48.5 Å². The van der Waals surface area contributed by atoms with Gasteiger partial charge in [0.05, 0.1) is 11.5 Å². The van der Waals surface area contributed by atoms with Crippen LogP contribution in [-0.2, 0) is 57.1 Å². The summed E-state index contributed by atoms with van der Waals surface area (Å²) in [6.45, 7) is 21.4. The summed E-state index contributed by atoms with van der Waals surface area (Å²) in [6.07, 6.45) is 4.11. The number of rotatable bonds is 7. The van der Waals surface area contributed by atoms with Gasteiger partial charge in [-0.15, -0.1) is 0 Å². The van der Waals surface area contributed by atoms with E-state index in [0.29, 0.717) is 12.3 Å².